The van der Waals surface area contributed by atoms with E-state index in [0.29, 0.717) is 17.4 Å². The van der Waals surface area contributed by atoms with Crippen molar-refractivity contribution in [3.63, 3.8) is 0 Å². The van der Waals surface area contributed by atoms with Crippen molar-refractivity contribution >= 4 is 12.0 Å². The highest BCUT2D eigenvalue weighted by molar-refractivity contribution is 5.92. The molecule has 4 nitrogen and oxygen atoms in total. The summed E-state index contributed by atoms with van der Waals surface area (Å²) in [6.07, 6.45) is 5.40. The SMILES string of the molecule is COc1cc(/C=C/C(=O)NC(C)CCC(C)C)cc(OC)c1. The van der Waals surface area contributed by atoms with Gasteiger partial charge >= 0.3 is 0 Å². The van der Waals surface area contributed by atoms with Gasteiger partial charge in [-0.25, -0.2) is 0 Å². The zero-order valence-corrected chi connectivity index (χ0v) is 14.2. The number of rotatable bonds is 8. The molecule has 1 atom stereocenters. The van der Waals surface area contributed by atoms with Gasteiger partial charge in [-0.1, -0.05) is 13.8 Å². The van der Waals surface area contributed by atoms with E-state index in [9.17, 15) is 4.79 Å². The molecular weight excluding hydrogens is 278 g/mol. The van der Waals surface area contributed by atoms with Crippen molar-refractivity contribution in [2.24, 2.45) is 5.92 Å². The molecule has 0 aliphatic rings. The minimum atomic E-state index is -0.0851. The standard InChI is InChI=1S/C18H27NO3/c1-13(2)6-7-14(3)19-18(20)9-8-15-10-16(21-4)12-17(11-15)22-5/h8-14H,6-7H2,1-5H3,(H,19,20)/b9-8+. The third kappa shape index (κ3) is 6.66. The van der Waals surface area contributed by atoms with Crippen LogP contribution in [0.3, 0.4) is 0 Å². The zero-order chi connectivity index (χ0) is 16.5. The number of methoxy groups -OCH3 is 2. The summed E-state index contributed by atoms with van der Waals surface area (Å²) in [6, 6.07) is 5.69. The predicted octanol–water partition coefficient (Wildman–Crippen LogP) is 3.66. The Hall–Kier alpha value is -1.97. The number of carbonyl (C=O) groups excluding carboxylic acids is 1. The summed E-state index contributed by atoms with van der Waals surface area (Å²) in [5, 5.41) is 2.97. The van der Waals surface area contributed by atoms with Gasteiger partial charge in [-0.05, 0) is 49.5 Å². The molecule has 1 N–H and O–H groups in total. The van der Waals surface area contributed by atoms with Crippen LogP contribution < -0.4 is 14.8 Å². The molecular formula is C18H27NO3. The van der Waals surface area contributed by atoms with Crippen molar-refractivity contribution in [1.29, 1.82) is 0 Å². The topological polar surface area (TPSA) is 47.6 Å². The second kappa shape index (κ2) is 9.13. The average Bonchev–Trinajstić information content (AvgIpc) is 2.50. The van der Waals surface area contributed by atoms with Gasteiger partial charge in [-0.2, -0.15) is 0 Å². The van der Waals surface area contributed by atoms with E-state index in [4.69, 9.17) is 9.47 Å². The summed E-state index contributed by atoms with van der Waals surface area (Å²) >= 11 is 0. The molecule has 122 valence electrons. The number of hydrogen-bond acceptors (Lipinski definition) is 3. The minimum absolute atomic E-state index is 0.0851. The Bertz CT molecular complexity index is 487. The Balaban J connectivity index is 2.61. The number of benzene rings is 1. The maximum Gasteiger partial charge on any atom is 0.244 e. The molecule has 0 aromatic heterocycles. The molecule has 0 aliphatic heterocycles. The van der Waals surface area contributed by atoms with E-state index in [2.05, 4.69) is 19.2 Å². The number of carbonyl (C=O) groups is 1. The molecule has 0 saturated carbocycles. The predicted molar refractivity (Wildman–Crippen MR) is 90.3 cm³/mol. The largest absolute Gasteiger partial charge is 0.497 e. The third-order valence-corrected chi connectivity index (χ3v) is 3.37. The molecule has 0 radical (unpaired) electrons. The van der Waals surface area contributed by atoms with Crippen LogP contribution in [-0.4, -0.2) is 26.2 Å². The quantitative estimate of drug-likeness (QED) is 0.746. The number of hydrogen-bond donors (Lipinski definition) is 1. The second-order valence-corrected chi connectivity index (χ2v) is 5.86. The summed E-state index contributed by atoms with van der Waals surface area (Å²) in [5.41, 5.74) is 0.862. The molecule has 22 heavy (non-hydrogen) atoms. The van der Waals surface area contributed by atoms with E-state index in [0.717, 1.165) is 18.4 Å². The van der Waals surface area contributed by atoms with Crippen LogP contribution >= 0.6 is 0 Å². The Kier molecular flexibility index (Phi) is 7.50. The van der Waals surface area contributed by atoms with Crippen molar-refractivity contribution in [3.8, 4) is 11.5 Å². The van der Waals surface area contributed by atoms with Crippen molar-refractivity contribution < 1.29 is 14.3 Å². The summed E-state index contributed by atoms with van der Waals surface area (Å²) in [4.78, 5) is 11.9. The molecule has 1 rings (SSSR count). The van der Waals surface area contributed by atoms with Gasteiger partial charge in [-0.15, -0.1) is 0 Å². The van der Waals surface area contributed by atoms with Gasteiger partial charge in [0.25, 0.3) is 0 Å². The minimum Gasteiger partial charge on any atom is -0.497 e. The van der Waals surface area contributed by atoms with E-state index in [1.807, 2.05) is 19.1 Å². The zero-order valence-electron chi connectivity index (χ0n) is 14.2. The molecule has 0 saturated heterocycles. The van der Waals surface area contributed by atoms with Crippen molar-refractivity contribution in [1.82, 2.24) is 5.32 Å². The monoisotopic (exact) mass is 305 g/mol. The first-order valence-electron chi connectivity index (χ1n) is 7.66. The highest BCUT2D eigenvalue weighted by Gasteiger charge is 2.06. The molecule has 4 heteroatoms. The molecule has 1 aromatic carbocycles. The van der Waals surface area contributed by atoms with Crippen LogP contribution in [0.5, 0.6) is 11.5 Å². The molecule has 1 amide bonds. The maximum absolute atomic E-state index is 11.9. The molecule has 0 fully saturated rings. The molecule has 0 spiro atoms. The van der Waals surface area contributed by atoms with Gasteiger partial charge in [-0.3, -0.25) is 4.79 Å². The van der Waals surface area contributed by atoms with Crippen LogP contribution in [0.1, 0.15) is 39.2 Å². The van der Waals surface area contributed by atoms with Crippen LogP contribution in [-0.2, 0) is 4.79 Å². The molecule has 1 aromatic rings. The summed E-state index contributed by atoms with van der Waals surface area (Å²) in [7, 11) is 3.21. The van der Waals surface area contributed by atoms with E-state index in [1.165, 1.54) is 0 Å². The number of amides is 1. The lowest BCUT2D eigenvalue weighted by Gasteiger charge is -2.13. The van der Waals surface area contributed by atoms with Crippen LogP contribution in [0.2, 0.25) is 0 Å². The first-order chi connectivity index (χ1) is 10.4. The highest BCUT2D eigenvalue weighted by atomic mass is 16.5. The first-order valence-corrected chi connectivity index (χ1v) is 7.66. The van der Waals surface area contributed by atoms with Crippen LogP contribution in [0.15, 0.2) is 24.3 Å². The van der Waals surface area contributed by atoms with Gasteiger partial charge in [0.15, 0.2) is 0 Å². The molecule has 0 heterocycles. The third-order valence-electron chi connectivity index (χ3n) is 3.37. The average molecular weight is 305 g/mol. The van der Waals surface area contributed by atoms with Gasteiger partial charge in [0.05, 0.1) is 14.2 Å². The fourth-order valence-corrected chi connectivity index (χ4v) is 2.04. The smallest absolute Gasteiger partial charge is 0.244 e. The normalized spacial score (nSPS) is 12.5. The Morgan fingerprint density at radius 1 is 1.09 bits per heavy atom. The van der Waals surface area contributed by atoms with Crippen molar-refractivity contribution in [3.05, 3.63) is 29.8 Å². The molecule has 0 aliphatic carbocycles. The van der Waals surface area contributed by atoms with E-state index < -0.39 is 0 Å². The maximum atomic E-state index is 11.9. The Morgan fingerprint density at radius 3 is 2.18 bits per heavy atom. The second-order valence-electron chi connectivity index (χ2n) is 5.86. The lowest BCUT2D eigenvalue weighted by atomic mass is 10.0. The fourth-order valence-electron chi connectivity index (χ4n) is 2.04. The van der Waals surface area contributed by atoms with E-state index in [1.54, 1.807) is 32.4 Å². The van der Waals surface area contributed by atoms with Crippen LogP contribution in [0.25, 0.3) is 6.08 Å². The molecule has 1 unspecified atom stereocenters. The molecule has 0 bridgehead atoms. The van der Waals surface area contributed by atoms with E-state index >= 15 is 0 Å². The lowest BCUT2D eigenvalue weighted by molar-refractivity contribution is -0.117. The Morgan fingerprint density at radius 2 is 1.68 bits per heavy atom. The first kappa shape index (κ1) is 18.1. The van der Waals surface area contributed by atoms with Gasteiger partial charge in [0.1, 0.15) is 11.5 Å². The van der Waals surface area contributed by atoms with Crippen LogP contribution in [0, 0.1) is 5.92 Å². The van der Waals surface area contributed by atoms with Crippen molar-refractivity contribution in [2.45, 2.75) is 39.7 Å². The van der Waals surface area contributed by atoms with Crippen molar-refractivity contribution in [2.75, 3.05) is 14.2 Å². The fraction of sp³-hybridized carbons (Fsp3) is 0.500. The van der Waals surface area contributed by atoms with Gasteiger partial charge in [0, 0.05) is 18.2 Å². The van der Waals surface area contributed by atoms with Crippen LogP contribution in [0.4, 0.5) is 0 Å². The van der Waals surface area contributed by atoms with Gasteiger partial charge < -0.3 is 14.8 Å². The summed E-state index contributed by atoms with van der Waals surface area (Å²) < 4.78 is 10.4. The number of ether oxygens (including phenoxy) is 2. The lowest BCUT2D eigenvalue weighted by Crippen LogP contribution is -2.31. The Labute approximate surface area is 133 Å². The number of nitrogens with one attached hydrogen (secondary N) is 1. The summed E-state index contributed by atoms with van der Waals surface area (Å²) in [5.74, 6) is 1.96. The van der Waals surface area contributed by atoms with Gasteiger partial charge in [0.2, 0.25) is 5.91 Å². The van der Waals surface area contributed by atoms with E-state index in [-0.39, 0.29) is 11.9 Å². The highest BCUT2D eigenvalue weighted by Crippen LogP contribution is 2.23. The summed E-state index contributed by atoms with van der Waals surface area (Å²) in [6.45, 7) is 6.40.